The van der Waals surface area contributed by atoms with Gasteiger partial charge < -0.3 is 15.1 Å². The van der Waals surface area contributed by atoms with Gasteiger partial charge in [0.25, 0.3) is 0 Å². The van der Waals surface area contributed by atoms with Crippen LogP contribution in [0.25, 0.3) is 0 Å². The first-order valence-electron chi connectivity index (χ1n) is 9.68. The van der Waals surface area contributed by atoms with Gasteiger partial charge in [0.05, 0.1) is 5.69 Å². The van der Waals surface area contributed by atoms with Gasteiger partial charge in [-0.15, -0.1) is 0 Å². The number of aromatic nitrogens is 2. The smallest absolute Gasteiger partial charge is 0.225 e. The highest BCUT2D eigenvalue weighted by Crippen LogP contribution is 2.42. The third kappa shape index (κ3) is 4.60. The molecule has 2 aromatic rings. The van der Waals surface area contributed by atoms with E-state index in [2.05, 4.69) is 59.4 Å². The molecule has 0 bridgehead atoms. The molecular formula is C21H30ClN5. The number of benzene rings is 1. The summed E-state index contributed by atoms with van der Waals surface area (Å²) >= 11 is 6.62. The Balaban J connectivity index is 1.91. The van der Waals surface area contributed by atoms with Gasteiger partial charge in [-0.2, -0.15) is 0 Å². The van der Waals surface area contributed by atoms with Crippen LogP contribution in [0.5, 0.6) is 0 Å². The molecule has 6 heteroatoms. The number of hydrogen-bond donors (Lipinski definition) is 1. The highest BCUT2D eigenvalue weighted by Gasteiger charge is 2.38. The fourth-order valence-electron chi connectivity index (χ4n) is 3.89. The lowest BCUT2D eigenvalue weighted by atomic mass is 9.70. The van der Waals surface area contributed by atoms with Crippen molar-refractivity contribution in [3.05, 3.63) is 52.8 Å². The van der Waals surface area contributed by atoms with Crippen molar-refractivity contribution in [1.29, 1.82) is 0 Å². The SMILES string of the molecule is CN(C)CCCN(C)c1nccc(C2(c3ccccc3Cl)CCNCC2)n1. The Morgan fingerprint density at radius 2 is 1.81 bits per heavy atom. The summed E-state index contributed by atoms with van der Waals surface area (Å²) in [5, 5.41) is 4.29. The molecule has 0 amide bonds. The molecule has 0 saturated carbocycles. The minimum absolute atomic E-state index is 0.161. The number of nitrogens with one attached hydrogen (secondary N) is 1. The average molecular weight is 388 g/mol. The molecule has 1 aromatic carbocycles. The molecule has 3 rings (SSSR count). The van der Waals surface area contributed by atoms with Gasteiger partial charge in [0.1, 0.15) is 0 Å². The minimum atomic E-state index is -0.161. The van der Waals surface area contributed by atoms with Crippen LogP contribution >= 0.6 is 11.6 Å². The molecule has 146 valence electrons. The molecule has 27 heavy (non-hydrogen) atoms. The first-order chi connectivity index (χ1) is 13.0. The van der Waals surface area contributed by atoms with E-state index >= 15 is 0 Å². The molecule has 5 nitrogen and oxygen atoms in total. The van der Waals surface area contributed by atoms with Crippen LogP contribution in [0.2, 0.25) is 5.02 Å². The van der Waals surface area contributed by atoms with Gasteiger partial charge >= 0.3 is 0 Å². The second-order valence-electron chi connectivity index (χ2n) is 7.63. The third-order valence-electron chi connectivity index (χ3n) is 5.42. The number of hydrogen-bond acceptors (Lipinski definition) is 5. The Labute approximate surface area is 167 Å². The maximum absolute atomic E-state index is 6.62. The monoisotopic (exact) mass is 387 g/mol. The largest absolute Gasteiger partial charge is 0.344 e. The second-order valence-corrected chi connectivity index (χ2v) is 8.04. The molecule has 1 aromatic heterocycles. The normalized spacial score (nSPS) is 16.5. The van der Waals surface area contributed by atoms with Crippen LogP contribution in [-0.4, -0.2) is 62.2 Å². The summed E-state index contributed by atoms with van der Waals surface area (Å²) in [5.74, 6) is 0.788. The molecule has 0 unspecified atom stereocenters. The van der Waals surface area contributed by atoms with E-state index in [-0.39, 0.29) is 5.41 Å². The van der Waals surface area contributed by atoms with E-state index in [1.54, 1.807) is 0 Å². The van der Waals surface area contributed by atoms with Crippen molar-refractivity contribution < 1.29 is 0 Å². The summed E-state index contributed by atoms with van der Waals surface area (Å²) in [6.07, 6.45) is 4.94. The average Bonchev–Trinajstić information content (AvgIpc) is 2.68. The molecule has 0 atom stereocenters. The van der Waals surface area contributed by atoms with Crippen molar-refractivity contribution in [1.82, 2.24) is 20.2 Å². The van der Waals surface area contributed by atoms with Crippen LogP contribution in [0.4, 0.5) is 5.95 Å². The van der Waals surface area contributed by atoms with Crippen LogP contribution in [0.15, 0.2) is 36.5 Å². The number of rotatable bonds is 7. The van der Waals surface area contributed by atoms with E-state index in [0.717, 1.165) is 62.1 Å². The standard InChI is InChI=1S/C21H30ClN5/c1-26(2)15-6-16-27(3)20-24-12-9-19(25-20)21(10-13-23-14-11-21)17-7-4-5-8-18(17)22/h4-5,7-9,12,23H,6,10-11,13-16H2,1-3H3. The molecule has 1 fully saturated rings. The molecule has 0 radical (unpaired) electrons. The van der Waals surface area contributed by atoms with E-state index in [1.807, 2.05) is 18.3 Å². The van der Waals surface area contributed by atoms with Crippen molar-refractivity contribution in [3.8, 4) is 0 Å². The summed E-state index contributed by atoms with van der Waals surface area (Å²) in [5.41, 5.74) is 2.08. The van der Waals surface area contributed by atoms with Crippen molar-refractivity contribution in [2.75, 3.05) is 52.2 Å². The Bertz CT molecular complexity index is 743. The predicted molar refractivity (Wildman–Crippen MR) is 113 cm³/mol. The number of nitrogens with zero attached hydrogens (tertiary/aromatic N) is 4. The molecule has 1 aliphatic rings. The van der Waals surface area contributed by atoms with Crippen molar-refractivity contribution in [2.45, 2.75) is 24.7 Å². The first kappa shape index (κ1) is 20.1. The second kappa shape index (κ2) is 9.00. The Kier molecular flexibility index (Phi) is 6.68. The van der Waals surface area contributed by atoms with Crippen LogP contribution in [-0.2, 0) is 5.41 Å². The summed E-state index contributed by atoms with van der Waals surface area (Å²) < 4.78 is 0. The number of anilines is 1. The highest BCUT2D eigenvalue weighted by molar-refractivity contribution is 6.31. The summed E-state index contributed by atoms with van der Waals surface area (Å²) in [6, 6.07) is 10.3. The molecule has 0 aliphatic carbocycles. The molecule has 2 heterocycles. The predicted octanol–water partition coefficient (Wildman–Crippen LogP) is 3.19. The summed E-state index contributed by atoms with van der Waals surface area (Å²) in [6.45, 7) is 3.91. The van der Waals surface area contributed by atoms with Crippen LogP contribution in [0, 0.1) is 0 Å². The molecule has 0 spiro atoms. The zero-order chi connectivity index (χ0) is 19.3. The lowest BCUT2D eigenvalue weighted by Gasteiger charge is -2.38. The summed E-state index contributed by atoms with van der Waals surface area (Å²) in [7, 11) is 6.27. The Hall–Kier alpha value is -1.69. The lowest BCUT2D eigenvalue weighted by molar-refractivity contribution is 0.354. The van der Waals surface area contributed by atoms with Gasteiger partial charge in [-0.05, 0) is 70.7 Å². The summed E-state index contributed by atoms with van der Waals surface area (Å²) in [4.78, 5) is 13.9. The zero-order valence-electron chi connectivity index (χ0n) is 16.6. The maximum atomic E-state index is 6.62. The lowest BCUT2D eigenvalue weighted by Crippen LogP contribution is -2.41. The van der Waals surface area contributed by atoms with E-state index in [9.17, 15) is 0 Å². The zero-order valence-corrected chi connectivity index (χ0v) is 17.3. The van der Waals surface area contributed by atoms with Gasteiger partial charge in [-0.1, -0.05) is 29.8 Å². The molecular weight excluding hydrogens is 358 g/mol. The van der Waals surface area contributed by atoms with Gasteiger partial charge in [-0.3, -0.25) is 0 Å². The Morgan fingerprint density at radius 3 is 2.52 bits per heavy atom. The topological polar surface area (TPSA) is 44.3 Å². The van der Waals surface area contributed by atoms with E-state index in [0.29, 0.717) is 0 Å². The highest BCUT2D eigenvalue weighted by atomic mass is 35.5. The van der Waals surface area contributed by atoms with E-state index < -0.39 is 0 Å². The fraction of sp³-hybridized carbons (Fsp3) is 0.524. The van der Waals surface area contributed by atoms with Gasteiger partial charge in [-0.25, -0.2) is 9.97 Å². The number of halogens is 1. The van der Waals surface area contributed by atoms with E-state index in [4.69, 9.17) is 16.6 Å². The third-order valence-corrected chi connectivity index (χ3v) is 5.75. The van der Waals surface area contributed by atoms with Crippen LogP contribution < -0.4 is 10.2 Å². The quantitative estimate of drug-likeness (QED) is 0.790. The van der Waals surface area contributed by atoms with Gasteiger partial charge in [0.2, 0.25) is 5.95 Å². The molecule has 1 aliphatic heterocycles. The number of piperidine rings is 1. The van der Waals surface area contributed by atoms with Crippen molar-refractivity contribution >= 4 is 17.5 Å². The van der Waals surface area contributed by atoms with E-state index in [1.165, 1.54) is 5.56 Å². The molecule has 1 saturated heterocycles. The van der Waals surface area contributed by atoms with Crippen LogP contribution in [0.1, 0.15) is 30.5 Å². The molecule has 1 N–H and O–H groups in total. The van der Waals surface area contributed by atoms with Gasteiger partial charge in [0, 0.05) is 30.2 Å². The van der Waals surface area contributed by atoms with Crippen molar-refractivity contribution in [3.63, 3.8) is 0 Å². The van der Waals surface area contributed by atoms with Gasteiger partial charge in [0.15, 0.2) is 0 Å². The first-order valence-corrected chi connectivity index (χ1v) is 10.1. The fourth-order valence-corrected chi connectivity index (χ4v) is 4.21. The maximum Gasteiger partial charge on any atom is 0.225 e. The Morgan fingerprint density at radius 1 is 1.07 bits per heavy atom. The van der Waals surface area contributed by atoms with Crippen molar-refractivity contribution in [2.24, 2.45) is 0 Å². The minimum Gasteiger partial charge on any atom is -0.344 e. The van der Waals surface area contributed by atoms with Crippen LogP contribution in [0.3, 0.4) is 0 Å².